The van der Waals surface area contributed by atoms with Gasteiger partial charge in [0.1, 0.15) is 11.9 Å². The normalized spacial score (nSPS) is 21.6. The zero-order valence-electron chi connectivity index (χ0n) is 14.9. The molecule has 1 N–H and O–H groups in total. The van der Waals surface area contributed by atoms with Gasteiger partial charge in [0.2, 0.25) is 11.8 Å². The van der Waals surface area contributed by atoms with Crippen LogP contribution >= 0.6 is 11.8 Å². The smallest absolute Gasteiger partial charge is 0.248 e. The molecule has 0 bridgehead atoms. The van der Waals surface area contributed by atoms with Crippen LogP contribution in [-0.4, -0.2) is 34.4 Å². The third kappa shape index (κ3) is 3.58. The average Bonchev–Trinajstić information content (AvgIpc) is 3.19. The fraction of sp³-hybridized carbons (Fsp3) is 0.333. The van der Waals surface area contributed by atoms with E-state index < -0.39 is 11.9 Å². The monoisotopic (exact) mass is 384 g/mol. The van der Waals surface area contributed by atoms with E-state index in [2.05, 4.69) is 11.4 Å². The Hall–Kier alpha value is -2.34. The van der Waals surface area contributed by atoms with Crippen LogP contribution in [0.15, 0.2) is 48.5 Å². The van der Waals surface area contributed by atoms with Gasteiger partial charge in [-0.15, -0.1) is 11.8 Å². The van der Waals surface area contributed by atoms with E-state index in [4.69, 9.17) is 0 Å². The van der Waals surface area contributed by atoms with Gasteiger partial charge in [-0.25, -0.2) is 4.39 Å². The number of carbonyl (C=O) groups excluding carboxylic acids is 2. The van der Waals surface area contributed by atoms with Crippen molar-refractivity contribution in [1.29, 1.82) is 0 Å². The standard InChI is InChI=1S/C21H21FN2O2S/c22-17-10-3-4-11-18(17)23-20(25)19-12-27-13-24(19)21(26)16-9-5-7-14-6-1-2-8-15(14)16/h1-4,6,8,10-11,16,19H,5,7,9,12-13H2,(H,23,25). The Morgan fingerprint density at radius 1 is 1.11 bits per heavy atom. The minimum atomic E-state index is -0.573. The fourth-order valence-corrected chi connectivity index (χ4v) is 5.03. The summed E-state index contributed by atoms with van der Waals surface area (Å²) in [4.78, 5) is 27.6. The molecule has 2 amide bonds. The van der Waals surface area contributed by atoms with Gasteiger partial charge in [-0.2, -0.15) is 0 Å². The maximum absolute atomic E-state index is 13.8. The Kier molecular flexibility index (Phi) is 5.16. The van der Waals surface area contributed by atoms with Gasteiger partial charge >= 0.3 is 0 Å². The first-order valence-corrected chi connectivity index (χ1v) is 10.3. The topological polar surface area (TPSA) is 49.4 Å². The Morgan fingerprint density at radius 3 is 2.74 bits per heavy atom. The first kappa shape index (κ1) is 18.0. The van der Waals surface area contributed by atoms with Crippen LogP contribution in [0.2, 0.25) is 0 Å². The lowest BCUT2D eigenvalue weighted by molar-refractivity contribution is -0.137. The van der Waals surface area contributed by atoms with Crippen molar-refractivity contribution in [2.45, 2.75) is 31.2 Å². The van der Waals surface area contributed by atoms with Crippen LogP contribution in [0.5, 0.6) is 0 Å². The summed E-state index contributed by atoms with van der Waals surface area (Å²) < 4.78 is 13.8. The number of para-hydroxylation sites is 1. The van der Waals surface area contributed by atoms with E-state index in [0.717, 1.165) is 24.8 Å². The molecule has 2 aliphatic rings. The number of nitrogens with zero attached hydrogens (tertiary/aromatic N) is 1. The molecule has 4 nitrogen and oxygen atoms in total. The first-order chi connectivity index (χ1) is 13.1. The molecule has 2 atom stereocenters. The third-order valence-electron chi connectivity index (χ3n) is 5.27. The molecule has 1 fully saturated rings. The summed E-state index contributed by atoms with van der Waals surface area (Å²) in [6.45, 7) is 0. The van der Waals surface area contributed by atoms with E-state index in [0.29, 0.717) is 11.6 Å². The van der Waals surface area contributed by atoms with E-state index in [1.807, 2.05) is 18.2 Å². The van der Waals surface area contributed by atoms with Crippen LogP contribution in [0.1, 0.15) is 29.9 Å². The van der Waals surface area contributed by atoms with Crippen molar-refractivity contribution in [3.8, 4) is 0 Å². The number of rotatable bonds is 3. The van der Waals surface area contributed by atoms with Crippen molar-refractivity contribution in [2.24, 2.45) is 0 Å². The third-order valence-corrected chi connectivity index (χ3v) is 6.28. The minimum absolute atomic E-state index is 0.000772. The fourth-order valence-electron chi connectivity index (χ4n) is 3.87. The van der Waals surface area contributed by atoms with Crippen molar-refractivity contribution in [2.75, 3.05) is 16.9 Å². The zero-order valence-corrected chi connectivity index (χ0v) is 15.7. The first-order valence-electron chi connectivity index (χ1n) is 9.16. The number of nitrogens with one attached hydrogen (secondary N) is 1. The molecule has 0 saturated carbocycles. The number of halogens is 1. The Bertz CT molecular complexity index is 873. The van der Waals surface area contributed by atoms with Gasteiger partial charge in [0.25, 0.3) is 0 Å². The average molecular weight is 384 g/mol. The summed E-state index contributed by atoms with van der Waals surface area (Å²) in [5, 5.41) is 2.64. The van der Waals surface area contributed by atoms with Gasteiger partial charge in [-0.05, 0) is 42.5 Å². The molecule has 2 aromatic rings. The second-order valence-corrected chi connectivity index (χ2v) is 7.94. The number of carbonyl (C=O) groups is 2. The minimum Gasteiger partial charge on any atom is -0.322 e. The molecule has 6 heteroatoms. The van der Waals surface area contributed by atoms with Gasteiger partial charge in [0.05, 0.1) is 17.5 Å². The lowest BCUT2D eigenvalue weighted by Crippen LogP contribution is -2.46. The van der Waals surface area contributed by atoms with Gasteiger partial charge < -0.3 is 10.2 Å². The molecule has 0 aromatic heterocycles. The molecule has 1 aliphatic heterocycles. The van der Waals surface area contributed by atoms with Crippen molar-refractivity contribution in [1.82, 2.24) is 4.90 Å². The summed E-state index contributed by atoms with van der Waals surface area (Å²) in [5.41, 5.74) is 2.45. The van der Waals surface area contributed by atoms with Crippen LogP contribution in [-0.2, 0) is 16.0 Å². The zero-order chi connectivity index (χ0) is 18.8. The van der Waals surface area contributed by atoms with Crippen molar-refractivity contribution < 1.29 is 14.0 Å². The molecular weight excluding hydrogens is 363 g/mol. The Balaban J connectivity index is 1.52. The van der Waals surface area contributed by atoms with Crippen molar-refractivity contribution in [3.05, 3.63) is 65.5 Å². The number of fused-ring (bicyclic) bond motifs is 1. The Labute approximate surface area is 162 Å². The van der Waals surface area contributed by atoms with Crippen molar-refractivity contribution in [3.63, 3.8) is 0 Å². The summed E-state index contributed by atoms with van der Waals surface area (Å²) >= 11 is 1.56. The Morgan fingerprint density at radius 2 is 1.89 bits per heavy atom. The summed E-state index contributed by atoms with van der Waals surface area (Å²) in [5.74, 6) is 0.0177. The molecule has 4 rings (SSSR count). The highest BCUT2D eigenvalue weighted by Gasteiger charge is 2.39. The van der Waals surface area contributed by atoms with Gasteiger partial charge in [0, 0.05) is 5.75 Å². The van der Waals surface area contributed by atoms with Crippen LogP contribution < -0.4 is 5.32 Å². The van der Waals surface area contributed by atoms with E-state index in [9.17, 15) is 14.0 Å². The van der Waals surface area contributed by atoms with Crippen molar-refractivity contribution >= 4 is 29.3 Å². The molecule has 1 aliphatic carbocycles. The predicted molar refractivity (Wildman–Crippen MR) is 105 cm³/mol. The number of hydrogen-bond acceptors (Lipinski definition) is 3. The molecule has 2 aromatic carbocycles. The van der Waals surface area contributed by atoms with E-state index >= 15 is 0 Å². The van der Waals surface area contributed by atoms with Crippen LogP contribution in [0.25, 0.3) is 0 Å². The van der Waals surface area contributed by atoms with Crippen LogP contribution in [0, 0.1) is 5.82 Å². The highest BCUT2D eigenvalue weighted by molar-refractivity contribution is 7.99. The van der Waals surface area contributed by atoms with E-state index in [1.165, 1.54) is 17.7 Å². The number of amides is 2. The maximum atomic E-state index is 13.8. The molecule has 27 heavy (non-hydrogen) atoms. The number of benzene rings is 2. The molecule has 1 heterocycles. The number of anilines is 1. The highest BCUT2D eigenvalue weighted by atomic mass is 32.2. The second-order valence-electron chi connectivity index (χ2n) is 6.94. The molecule has 2 unspecified atom stereocenters. The number of hydrogen-bond donors (Lipinski definition) is 1. The van der Waals surface area contributed by atoms with Gasteiger partial charge in [-0.3, -0.25) is 9.59 Å². The molecule has 0 radical (unpaired) electrons. The summed E-state index contributed by atoms with van der Waals surface area (Å²) in [7, 11) is 0. The van der Waals surface area contributed by atoms with E-state index in [1.54, 1.807) is 28.8 Å². The predicted octanol–water partition coefficient (Wildman–Crippen LogP) is 3.79. The number of thioether (sulfide) groups is 1. The summed E-state index contributed by atoms with van der Waals surface area (Å²) in [6.07, 6.45) is 2.77. The summed E-state index contributed by atoms with van der Waals surface area (Å²) in [6, 6.07) is 13.6. The molecule has 0 spiro atoms. The molecular formula is C21H21FN2O2S. The van der Waals surface area contributed by atoms with Gasteiger partial charge in [-0.1, -0.05) is 36.4 Å². The molecule has 1 saturated heterocycles. The largest absolute Gasteiger partial charge is 0.322 e. The number of aryl methyl sites for hydroxylation is 1. The quantitative estimate of drug-likeness (QED) is 0.876. The van der Waals surface area contributed by atoms with Crippen LogP contribution in [0.4, 0.5) is 10.1 Å². The second kappa shape index (κ2) is 7.72. The van der Waals surface area contributed by atoms with Crippen LogP contribution in [0.3, 0.4) is 0 Å². The van der Waals surface area contributed by atoms with Gasteiger partial charge in [0.15, 0.2) is 0 Å². The van der Waals surface area contributed by atoms with E-state index in [-0.39, 0.29) is 23.4 Å². The lowest BCUT2D eigenvalue weighted by atomic mass is 9.82. The maximum Gasteiger partial charge on any atom is 0.248 e. The lowest BCUT2D eigenvalue weighted by Gasteiger charge is -2.31. The molecule has 140 valence electrons. The highest BCUT2D eigenvalue weighted by Crippen LogP contribution is 2.35. The SMILES string of the molecule is O=C(Nc1ccccc1F)C1CSCN1C(=O)C1CCCc2ccccc21.